The molecule has 1 aliphatic heterocycles. The minimum Gasteiger partial charge on any atom is -0.320 e. The summed E-state index contributed by atoms with van der Waals surface area (Å²) in [6.07, 6.45) is 2.29. The molecular weight excluding hydrogens is 212 g/mol. The van der Waals surface area contributed by atoms with Crippen molar-refractivity contribution in [2.24, 2.45) is 0 Å². The van der Waals surface area contributed by atoms with Gasteiger partial charge in [-0.25, -0.2) is 8.42 Å². The van der Waals surface area contributed by atoms with Gasteiger partial charge in [0.15, 0.2) is 9.84 Å². The van der Waals surface area contributed by atoms with Gasteiger partial charge in [0.2, 0.25) is 0 Å². The molecular formula is C10H22N2O2S. The van der Waals surface area contributed by atoms with E-state index in [4.69, 9.17) is 0 Å². The van der Waals surface area contributed by atoms with Crippen LogP contribution < -0.4 is 5.32 Å². The van der Waals surface area contributed by atoms with Gasteiger partial charge in [-0.15, -0.1) is 0 Å². The maximum Gasteiger partial charge on any atom is 0.152 e. The van der Waals surface area contributed by atoms with Gasteiger partial charge in [-0.3, -0.25) is 4.90 Å². The van der Waals surface area contributed by atoms with Crippen LogP contribution in [-0.2, 0) is 9.84 Å². The van der Waals surface area contributed by atoms with Crippen LogP contribution in [0.15, 0.2) is 0 Å². The van der Waals surface area contributed by atoms with E-state index in [0.29, 0.717) is 30.6 Å². The maximum atomic E-state index is 11.2. The van der Waals surface area contributed by atoms with Gasteiger partial charge in [0.1, 0.15) is 0 Å². The lowest BCUT2D eigenvalue weighted by molar-refractivity contribution is 0.213. The lowest BCUT2D eigenvalue weighted by Crippen LogP contribution is -2.45. The second-order valence-corrected chi connectivity index (χ2v) is 6.59. The van der Waals surface area contributed by atoms with E-state index in [2.05, 4.69) is 17.1 Å². The first-order valence-electron chi connectivity index (χ1n) is 5.64. The molecule has 1 N–H and O–H groups in total. The molecule has 0 saturated carbocycles. The topological polar surface area (TPSA) is 49.4 Å². The third-order valence-electron chi connectivity index (χ3n) is 3.05. The van der Waals surface area contributed by atoms with Crippen LogP contribution in [0.2, 0.25) is 0 Å². The molecule has 15 heavy (non-hydrogen) atoms. The van der Waals surface area contributed by atoms with E-state index in [9.17, 15) is 8.42 Å². The Labute approximate surface area is 93.0 Å². The monoisotopic (exact) mass is 234 g/mol. The van der Waals surface area contributed by atoms with E-state index in [1.165, 1.54) is 0 Å². The molecule has 1 atom stereocenters. The first-order chi connectivity index (χ1) is 7.05. The molecule has 0 aromatic heterocycles. The summed E-state index contributed by atoms with van der Waals surface area (Å²) in [6, 6.07) is 0.508. The molecule has 0 aromatic carbocycles. The quantitative estimate of drug-likeness (QED) is 0.686. The molecule has 5 heteroatoms. The van der Waals surface area contributed by atoms with Gasteiger partial charge in [-0.2, -0.15) is 0 Å². The second kappa shape index (κ2) is 5.82. The fraction of sp³-hybridized carbons (Fsp3) is 1.00. The molecule has 90 valence electrons. The first kappa shape index (κ1) is 12.9. The number of sulfone groups is 1. The summed E-state index contributed by atoms with van der Waals surface area (Å²) in [7, 11) is -0.772. The normalized spacial score (nSPS) is 23.9. The Balaban J connectivity index is 2.27. The third kappa shape index (κ3) is 4.49. The second-order valence-electron chi connectivity index (χ2n) is 4.28. The molecule has 0 spiro atoms. The molecule has 0 radical (unpaired) electrons. The Bertz CT molecular complexity index is 263. The Morgan fingerprint density at radius 3 is 2.47 bits per heavy atom. The molecule has 1 saturated heterocycles. The lowest BCUT2D eigenvalue weighted by Gasteiger charge is -2.32. The number of hydrogen-bond donors (Lipinski definition) is 1. The zero-order valence-electron chi connectivity index (χ0n) is 9.70. The summed E-state index contributed by atoms with van der Waals surface area (Å²) in [4.78, 5) is 2.29. The highest BCUT2D eigenvalue weighted by atomic mass is 32.2. The highest BCUT2D eigenvalue weighted by Gasteiger charge is 2.24. The van der Waals surface area contributed by atoms with Gasteiger partial charge in [-0.1, -0.05) is 0 Å². The van der Waals surface area contributed by atoms with Crippen LogP contribution in [-0.4, -0.2) is 57.5 Å². The van der Waals surface area contributed by atoms with E-state index in [0.717, 1.165) is 19.4 Å². The SMILES string of the molecule is CNCCCC(C)N1CCS(=O)(=O)CC1. The van der Waals surface area contributed by atoms with Crippen LogP contribution in [0.25, 0.3) is 0 Å². The minimum atomic E-state index is -2.73. The molecule has 1 unspecified atom stereocenters. The van der Waals surface area contributed by atoms with Gasteiger partial charge >= 0.3 is 0 Å². The zero-order valence-corrected chi connectivity index (χ0v) is 10.5. The Morgan fingerprint density at radius 1 is 1.33 bits per heavy atom. The van der Waals surface area contributed by atoms with E-state index in [-0.39, 0.29) is 0 Å². The van der Waals surface area contributed by atoms with Crippen LogP contribution in [0.3, 0.4) is 0 Å². The Kier molecular flexibility index (Phi) is 5.02. The van der Waals surface area contributed by atoms with Crippen molar-refractivity contribution >= 4 is 9.84 Å². The standard InChI is InChI=1S/C10H22N2O2S/c1-10(4-3-5-11-2)12-6-8-15(13,14)9-7-12/h10-11H,3-9H2,1-2H3. The highest BCUT2D eigenvalue weighted by Crippen LogP contribution is 2.11. The van der Waals surface area contributed by atoms with Crippen molar-refractivity contribution in [3.05, 3.63) is 0 Å². The predicted octanol–water partition coefficient (Wildman–Crippen LogP) is 0.105. The smallest absolute Gasteiger partial charge is 0.152 e. The molecule has 1 rings (SSSR count). The molecule has 0 aliphatic carbocycles. The van der Waals surface area contributed by atoms with Gasteiger partial charge < -0.3 is 5.32 Å². The van der Waals surface area contributed by atoms with Crippen molar-refractivity contribution in [1.82, 2.24) is 10.2 Å². The molecule has 0 bridgehead atoms. The van der Waals surface area contributed by atoms with Crippen LogP contribution in [0, 0.1) is 0 Å². The summed E-state index contributed by atoms with van der Waals surface area (Å²) in [5.41, 5.74) is 0. The predicted molar refractivity (Wildman–Crippen MR) is 62.8 cm³/mol. The number of nitrogens with zero attached hydrogens (tertiary/aromatic N) is 1. The number of hydrogen-bond acceptors (Lipinski definition) is 4. The molecule has 1 aliphatic rings. The minimum absolute atomic E-state index is 0.337. The molecule has 4 nitrogen and oxygen atoms in total. The molecule has 1 heterocycles. The van der Waals surface area contributed by atoms with Crippen LogP contribution in [0.4, 0.5) is 0 Å². The average Bonchev–Trinajstić information content (AvgIpc) is 2.18. The highest BCUT2D eigenvalue weighted by molar-refractivity contribution is 7.91. The van der Waals surface area contributed by atoms with Gasteiger partial charge in [0.25, 0.3) is 0 Å². The summed E-state index contributed by atoms with van der Waals surface area (Å²) >= 11 is 0. The summed E-state index contributed by atoms with van der Waals surface area (Å²) < 4.78 is 22.5. The van der Waals surface area contributed by atoms with Crippen LogP contribution in [0.5, 0.6) is 0 Å². The van der Waals surface area contributed by atoms with E-state index in [1.54, 1.807) is 0 Å². The fourth-order valence-electron chi connectivity index (χ4n) is 1.92. The van der Waals surface area contributed by atoms with Crippen molar-refractivity contribution < 1.29 is 8.42 Å². The number of nitrogens with one attached hydrogen (secondary N) is 1. The first-order valence-corrected chi connectivity index (χ1v) is 7.46. The molecule has 0 aromatic rings. The van der Waals surface area contributed by atoms with E-state index < -0.39 is 9.84 Å². The summed E-state index contributed by atoms with van der Waals surface area (Å²) in [5.74, 6) is 0.673. The largest absolute Gasteiger partial charge is 0.320 e. The Hall–Kier alpha value is -0.130. The average molecular weight is 234 g/mol. The van der Waals surface area contributed by atoms with Gasteiger partial charge in [0.05, 0.1) is 11.5 Å². The van der Waals surface area contributed by atoms with Crippen molar-refractivity contribution in [3.8, 4) is 0 Å². The van der Waals surface area contributed by atoms with Gasteiger partial charge in [0, 0.05) is 19.1 Å². The molecule has 1 fully saturated rings. The molecule has 0 amide bonds. The van der Waals surface area contributed by atoms with Gasteiger partial charge in [-0.05, 0) is 33.4 Å². The van der Waals surface area contributed by atoms with Crippen molar-refractivity contribution in [3.63, 3.8) is 0 Å². The van der Waals surface area contributed by atoms with E-state index >= 15 is 0 Å². The van der Waals surface area contributed by atoms with Crippen molar-refractivity contribution in [2.45, 2.75) is 25.8 Å². The van der Waals surface area contributed by atoms with E-state index in [1.807, 2.05) is 7.05 Å². The fourth-order valence-corrected chi connectivity index (χ4v) is 3.15. The lowest BCUT2D eigenvalue weighted by atomic mass is 10.1. The maximum absolute atomic E-state index is 11.2. The van der Waals surface area contributed by atoms with Crippen molar-refractivity contribution in [2.75, 3.05) is 38.2 Å². The summed E-state index contributed by atoms with van der Waals surface area (Å²) in [5, 5.41) is 3.12. The Morgan fingerprint density at radius 2 is 1.93 bits per heavy atom. The third-order valence-corrected chi connectivity index (χ3v) is 4.66. The van der Waals surface area contributed by atoms with Crippen molar-refractivity contribution in [1.29, 1.82) is 0 Å². The zero-order chi connectivity index (χ0) is 11.3. The van der Waals surface area contributed by atoms with Crippen LogP contribution >= 0.6 is 0 Å². The number of rotatable bonds is 5. The van der Waals surface area contributed by atoms with Crippen LogP contribution in [0.1, 0.15) is 19.8 Å². The summed E-state index contributed by atoms with van der Waals surface area (Å²) in [6.45, 7) is 4.65.